The minimum absolute atomic E-state index is 0.0215. The Labute approximate surface area is 281 Å². The van der Waals surface area contributed by atoms with Gasteiger partial charge in [-0.25, -0.2) is 12.8 Å². The van der Waals surface area contributed by atoms with Crippen LogP contribution in [-0.2, 0) is 32.6 Å². The zero-order chi connectivity index (χ0) is 34.0. The summed E-state index contributed by atoms with van der Waals surface area (Å²) in [6, 6.07) is 25.9. The monoisotopic (exact) mass is 679 g/mol. The Hall–Kier alpha value is -4.41. The highest BCUT2D eigenvalue weighted by Crippen LogP contribution is 2.27. The third-order valence-corrected chi connectivity index (χ3v) is 9.34. The van der Waals surface area contributed by atoms with Crippen LogP contribution >= 0.6 is 11.6 Å². The van der Waals surface area contributed by atoms with Crippen LogP contribution < -0.4 is 14.4 Å². The van der Waals surface area contributed by atoms with Crippen molar-refractivity contribution in [3.63, 3.8) is 0 Å². The molecule has 0 heterocycles. The van der Waals surface area contributed by atoms with E-state index in [-0.39, 0.29) is 35.4 Å². The van der Waals surface area contributed by atoms with Crippen molar-refractivity contribution in [2.24, 2.45) is 5.92 Å². The fourth-order valence-corrected chi connectivity index (χ4v) is 6.57. The molecule has 1 atom stereocenters. The second-order valence-electron chi connectivity index (χ2n) is 11.4. The molecule has 0 saturated carbocycles. The standard InChI is InChI=1S/C36H39ClFN3O5S/c1-4-46-32-17-19-33(20-18-32)47(44,45)41(31-15-13-30(38)14-16-31)25-35(42)40(24-28-11-8-12-29(37)21-28)34(36(43)39-23-26(2)3)22-27-9-6-5-7-10-27/h5-21,26,34H,4,22-25H2,1-3H3,(H,39,43)/t34-/m1/s1. The highest BCUT2D eigenvalue weighted by atomic mass is 35.5. The summed E-state index contributed by atoms with van der Waals surface area (Å²) in [7, 11) is -4.35. The van der Waals surface area contributed by atoms with E-state index in [1.807, 2.05) is 51.1 Å². The number of rotatable bonds is 15. The first-order chi connectivity index (χ1) is 22.5. The molecule has 248 valence electrons. The summed E-state index contributed by atoms with van der Waals surface area (Å²) in [5, 5.41) is 3.40. The van der Waals surface area contributed by atoms with Gasteiger partial charge in [-0.15, -0.1) is 0 Å². The van der Waals surface area contributed by atoms with E-state index in [1.54, 1.807) is 24.3 Å². The van der Waals surface area contributed by atoms with Gasteiger partial charge in [-0.1, -0.05) is 67.9 Å². The number of nitrogens with one attached hydrogen (secondary N) is 1. The lowest BCUT2D eigenvalue weighted by Crippen LogP contribution is -2.53. The first-order valence-corrected chi connectivity index (χ1v) is 17.2. The zero-order valence-electron chi connectivity index (χ0n) is 26.6. The second-order valence-corrected chi connectivity index (χ2v) is 13.7. The molecule has 11 heteroatoms. The summed E-state index contributed by atoms with van der Waals surface area (Å²) in [6.45, 7) is 5.85. The predicted molar refractivity (Wildman–Crippen MR) is 182 cm³/mol. The van der Waals surface area contributed by atoms with Gasteiger partial charge >= 0.3 is 0 Å². The molecule has 0 aliphatic heterocycles. The van der Waals surface area contributed by atoms with Crippen molar-refractivity contribution >= 4 is 39.1 Å². The molecule has 0 aromatic heterocycles. The Morgan fingerprint density at radius 1 is 0.894 bits per heavy atom. The largest absolute Gasteiger partial charge is 0.494 e. The van der Waals surface area contributed by atoms with Crippen molar-refractivity contribution in [2.45, 2.75) is 44.7 Å². The molecule has 8 nitrogen and oxygen atoms in total. The smallest absolute Gasteiger partial charge is 0.264 e. The Balaban J connectivity index is 1.79. The average Bonchev–Trinajstić information content (AvgIpc) is 3.05. The molecule has 4 aromatic carbocycles. The van der Waals surface area contributed by atoms with E-state index in [0.29, 0.717) is 29.5 Å². The number of hydrogen-bond acceptors (Lipinski definition) is 5. The molecule has 0 radical (unpaired) electrons. The fourth-order valence-electron chi connectivity index (χ4n) is 4.95. The van der Waals surface area contributed by atoms with Crippen LogP contribution in [0.4, 0.5) is 10.1 Å². The fraction of sp³-hybridized carbons (Fsp3) is 0.278. The average molecular weight is 680 g/mol. The van der Waals surface area contributed by atoms with Crippen molar-refractivity contribution in [1.29, 1.82) is 0 Å². The van der Waals surface area contributed by atoms with E-state index in [9.17, 15) is 22.4 Å². The summed E-state index contributed by atoms with van der Waals surface area (Å²) in [4.78, 5) is 29.6. The number of halogens is 2. The van der Waals surface area contributed by atoms with Crippen LogP contribution in [0.25, 0.3) is 0 Å². The number of sulfonamides is 1. The molecule has 0 unspecified atom stereocenters. The van der Waals surface area contributed by atoms with Crippen molar-refractivity contribution in [2.75, 3.05) is 24.0 Å². The SMILES string of the molecule is CCOc1ccc(S(=O)(=O)N(CC(=O)N(Cc2cccc(Cl)c2)[C@H](Cc2ccccc2)C(=O)NCC(C)C)c2ccc(F)cc2)cc1. The Morgan fingerprint density at radius 2 is 1.55 bits per heavy atom. The molecule has 4 rings (SSSR count). The van der Waals surface area contributed by atoms with Crippen LogP contribution in [0.2, 0.25) is 5.02 Å². The van der Waals surface area contributed by atoms with Gasteiger partial charge in [0.05, 0.1) is 17.2 Å². The normalized spacial score (nSPS) is 12.0. The second kappa shape index (κ2) is 16.4. The number of anilines is 1. The first kappa shape index (κ1) is 35.4. The van der Waals surface area contributed by atoms with Gasteiger partial charge in [-0.3, -0.25) is 13.9 Å². The van der Waals surface area contributed by atoms with Crippen LogP contribution in [0, 0.1) is 11.7 Å². The number of carbonyl (C=O) groups is 2. The van der Waals surface area contributed by atoms with E-state index in [4.69, 9.17) is 16.3 Å². The van der Waals surface area contributed by atoms with Crippen molar-refractivity contribution in [1.82, 2.24) is 10.2 Å². The topological polar surface area (TPSA) is 96.0 Å². The van der Waals surface area contributed by atoms with Crippen molar-refractivity contribution in [3.8, 4) is 5.75 Å². The number of benzene rings is 4. The van der Waals surface area contributed by atoms with Crippen LogP contribution in [-0.4, -0.2) is 50.9 Å². The van der Waals surface area contributed by atoms with Crippen molar-refractivity contribution in [3.05, 3.63) is 125 Å². The number of hydrogen-bond donors (Lipinski definition) is 1. The van der Waals surface area contributed by atoms with Crippen LogP contribution in [0.3, 0.4) is 0 Å². The van der Waals surface area contributed by atoms with E-state index in [1.165, 1.54) is 41.3 Å². The number of nitrogens with zero attached hydrogens (tertiary/aromatic N) is 2. The first-order valence-electron chi connectivity index (χ1n) is 15.3. The minimum Gasteiger partial charge on any atom is -0.494 e. The predicted octanol–water partition coefficient (Wildman–Crippen LogP) is 6.49. The molecule has 0 aliphatic carbocycles. The Morgan fingerprint density at radius 3 is 2.17 bits per heavy atom. The molecule has 47 heavy (non-hydrogen) atoms. The Kier molecular flexibility index (Phi) is 12.4. The van der Waals surface area contributed by atoms with Gasteiger partial charge in [0, 0.05) is 24.5 Å². The number of amides is 2. The lowest BCUT2D eigenvalue weighted by molar-refractivity contribution is -0.140. The lowest BCUT2D eigenvalue weighted by atomic mass is 10.0. The maximum absolute atomic E-state index is 14.5. The van der Waals surface area contributed by atoms with Gasteiger partial charge in [-0.05, 0) is 84.6 Å². The third kappa shape index (κ3) is 9.79. The van der Waals surface area contributed by atoms with Gasteiger partial charge in [0.15, 0.2) is 0 Å². The summed E-state index contributed by atoms with van der Waals surface area (Å²) in [6.07, 6.45) is 0.180. The summed E-state index contributed by atoms with van der Waals surface area (Å²) in [5.74, 6) is -0.933. The molecular formula is C36H39ClFN3O5S. The summed E-state index contributed by atoms with van der Waals surface area (Å²) in [5.41, 5.74) is 1.56. The van der Waals surface area contributed by atoms with Crippen LogP contribution in [0.1, 0.15) is 31.9 Å². The van der Waals surface area contributed by atoms with Crippen LogP contribution in [0.5, 0.6) is 5.75 Å². The van der Waals surface area contributed by atoms with Crippen molar-refractivity contribution < 1.29 is 27.1 Å². The molecule has 4 aromatic rings. The van der Waals surface area contributed by atoms with Gasteiger partial charge in [0.2, 0.25) is 11.8 Å². The summed E-state index contributed by atoms with van der Waals surface area (Å²) >= 11 is 6.29. The quantitative estimate of drug-likeness (QED) is 0.155. The molecule has 0 aliphatic rings. The van der Waals surface area contributed by atoms with Gasteiger partial charge in [0.25, 0.3) is 10.0 Å². The lowest BCUT2D eigenvalue weighted by Gasteiger charge is -2.34. The van der Waals surface area contributed by atoms with E-state index in [0.717, 1.165) is 22.0 Å². The van der Waals surface area contributed by atoms with Gasteiger partial charge in [0.1, 0.15) is 24.2 Å². The molecule has 2 amide bonds. The summed E-state index contributed by atoms with van der Waals surface area (Å²) < 4.78 is 48.7. The molecule has 0 fully saturated rings. The number of carbonyl (C=O) groups excluding carboxylic acids is 2. The number of ether oxygens (including phenoxy) is 1. The zero-order valence-corrected chi connectivity index (χ0v) is 28.2. The van der Waals surface area contributed by atoms with Gasteiger partial charge in [-0.2, -0.15) is 0 Å². The van der Waals surface area contributed by atoms with Crippen LogP contribution in [0.15, 0.2) is 108 Å². The highest BCUT2D eigenvalue weighted by molar-refractivity contribution is 7.92. The molecule has 0 saturated heterocycles. The molecule has 0 spiro atoms. The maximum atomic E-state index is 14.5. The third-order valence-electron chi connectivity index (χ3n) is 7.31. The van der Waals surface area contributed by atoms with E-state index in [2.05, 4.69) is 5.32 Å². The maximum Gasteiger partial charge on any atom is 0.264 e. The molecule has 1 N–H and O–H groups in total. The van der Waals surface area contributed by atoms with Gasteiger partial charge < -0.3 is 15.0 Å². The molecular weight excluding hydrogens is 641 g/mol. The minimum atomic E-state index is -4.35. The van der Waals surface area contributed by atoms with E-state index < -0.39 is 34.3 Å². The Bertz CT molecular complexity index is 1740. The highest BCUT2D eigenvalue weighted by Gasteiger charge is 2.34. The van der Waals surface area contributed by atoms with E-state index >= 15 is 0 Å². The molecule has 0 bridgehead atoms.